The van der Waals surface area contributed by atoms with Gasteiger partial charge in [-0.15, -0.1) is 0 Å². The van der Waals surface area contributed by atoms with Crippen molar-refractivity contribution in [3.8, 4) is 0 Å². The minimum absolute atomic E-state index is 0.0150. The van der Waals surface area contributed by atoms with Gasteiger partial charge in [0.2, 0.25) is 0 Å². The van der Waals surface area contributed by atoms with Gasteiger partial charge in [-0.25, -0.2) is 18.1 Å². The molecule has 1 aliphatic heterocycles. The Labute approximate surface area is 192 Å². The third kappa shape index (κ3) is 3.17. The summed E-state index contributed by atoms with van der Waals surface area (Å²) in [6, 6.07) is 10.4. The summed E-state index contributed by atoms with van der Waals surface area (Å²) in [6.45, 7) is 2.03. The standard InChI is InChI=1S/C23H18F3N3O4S/c1-14-12-27-19-5-3-2-4-17(19)18(14)13-28-21(31)29(20(30)22(28)10-11-22)15-6-8-16(9-7-15)34(32,33)23(24,25)26/h2-9,12H,10-11,13H2,1H3. The minimum atomic E-state index is -5.54. The largest absolute Gasteiger partial charge is 0.501 e. The van der Waals surface area contributed by atoms with Crippen molar-refractivity contribution in [1.82, 2.24) is 9.88 Å². The summed E-state index contributed by atoms with van der Waals surface area (Å²) in [5, 5.41) is 0.860. The fourth-order valence-corrected chi connectivity index (χ4v) is 5.10. The molecule has 1 aromatic heterocycles. The number of imide groups is 1. The van der Waals surface area contributed by atoms with E-state index in [9.17, 15) is 31.2 Å². The Morgan fingerprint density at radius 1 is 1.03 bits per heavy atom. The predicted molar refractivity (Wildman–Crippen MR) is 117 cm³/mol. The van der Waals surface area contributed by atoms with Gasteiger partial charge in [-0.1, -0.05) is 18.2 Å². The number of amides is 3. The van der Waals surface area contributed by atoms with Crippen molar-refractivity contribution in [2.45, 2.75) is 42.3 Å². The van der Waals surface area contributed by atoms with Gasteiger partial charge in [0.05, 0.1) is 16.1 Å². The molecule has 11 heteroatoms. The second-order valence-corrected chi connectivity index (χ2v) is 10.4. The fourth-order valence-electron chi connectivity index (χ4n) is 4.34. The molecule has 2 aliphatic rings. The third-order valence-corrected chi connectivity index (χ3v) is 7.89. The van der Waals surface area contributed by atoms with Crippen molar-refractivity contribution in [3.05, 3.63) is 65.9 Å². The number of nitrogens with zero attached hydrogens (tertiary/aromatic N) is 3. The molecular formula is C23H18F3N3O4S. The van der Waals surface area contributed by atoms with Crippen molar-refractivity contribution in [2.75, 3.05) is 4.90 Å². The quantitative estimate of drug-likeness (QED) is 0.509. The number of halogens is 3. The molecule has 7 nitrogen and oxygen atoms in total. The number of alkyl halides is 3. The van der Waals surface area contributed by atoms with E-state index in [1.54, 1.807) is 6.20 Å². The Hall–Kier alpha value is -3.47. The van der Waals surface area contributed by atoms with E-state index in [0.717, 1.165) is 51.2 Å². The van der Waals surface area contributed by atoms with Gasteiger partial charge in [0.15, 0.2) is 0 Å². The second-order valence-electron chi connectivity index (χ2n) is 8.42. The van der Waals surface area contributed by atoms with E-state index in [2.05, 4.69) is 4.98 Å². The first-order valence-electron chi connectivity index (χ1n) is 10.4. The van der Waals surface area contributed by atoms with E-state index in [4.69, 9.17) is 0 Å². The first-order chi connectivity index (χ1) is 16.0. The average molecular weight is 489 g/mol. The van der Waals surface area contributed by atoms with Gasteiger partial charge in [-0.3, -0.25) is 9.78 Å². The molecule has 0 bridgehead atoms. The minimum Gasteiger partial charge on any atom is -0.305 e. The summed E-state index contributed by atoms with van der Waals surface area (Å²) in [6.07, 6.45) is 2.64. The highest BCUT2D eigenvalue weighted by atomic mass is 32.2. The van der Waals surface area contributed by atoms with E-state index in [-0.39, 0.29) is 12.2 Å². The number of aryl methyl sites for hydroxylation is 1. The highest BCUT2D eigenvalue weighted by Crippen LogP contribution is 2.50. The number of hydrogen-bond acceptors (Lipinski definition) is 5. The van der Waals surface area contributed by atoms with Crippen molar-refractivity contribution in [3.63, 3.8) is 0 Å². The van der Waals surface area contributed by atoms with Gasteiger partial charge < -0.3 is 4.90 Å². The molecule has 3 aromatic rings. The topological polar surface area (TPSA) is 87.7 Å². The summed E-state index contributed by atoms with van der Waals surface area (Å²) >= 11 is 0. The van der Waals surface area contributed by atoms with Crippen LogP contribution in [0.15, 0.2) is 59.6 Å². The van der Waals surface area contributed by atoms with E-state index < -0.39 is 37.7 Å². The summed E-state index contributed by atoms with van der Waals surface area (Å²) in [5.41, 5.74) is -3.98. The fraction of sp³-hybridized carbons (Fsp3) is 0.261. The number of hydrogen-bond donors (Lipinski definition) is 0. The van der Waals surface area contributed by atoms with Gasteiger partial charge in [-0.2, -0.15) is 13.2 Å². The Balaban J connectivity index is 1.50. The summed E-state index contributed by atoms with van der Waals surface area (Å²) in [4.78, 5) is 32.5. The van der Waals surface area contributed by atoms with Crippen LogP contribution in [0.4, 0.5) is 23.7 Å². The maximum Gasteiger partial charge on any atom is 0.501 e. The third-order valence-electron chi connectivity index (χ3n) is 6.39. The van der Waals surface area contributed by atoms with Crippen LogP contribution in [0, 0.1) is 6.92 Å². The molecule has 34 heavy (non-hydrogen) atoms. The number of benzene rings is 2. The number of aromatic nitrogens is 1. The lowest BCUT2D eigenvalue weighted by Crippen LogP contribution is -2.36. The SMILES string of the molecule is Cc1cnc2ccccc2c1CN1C(=O)N(c2ccc(S(=O)(=O)C(F)(F)F)cc2)C(=O)C12CC2. The van der Waals surface area contributed by atoms with Gasteiger partial charge in [0, 0.05) is 18.1 Å². The zero-order valence-electron chi connectivity index (χ0n) is 17.8. The van der Waals surface area contributed by atoms with Crippen molar-refractivity contribution in [2.24, 2.45) is 0 Å². The van der Waals surface area contributed by atoms with Crippen LogP contribution in [0.25, 0.3) is 10.9 Å². The molecule has 176 valence electrons. The van der Waals surface area contributed by atoms with E-state index in [1.165, 1.54) is 4.90 Å². The summed E-state index contributed by atoms with van der Waals surface area (Å²) < 4.78 is 61.8. The smallest absolute Gasteiger partial charge is 0.305 e. The van der Waals surface area contributed by atoms with Crippen molar-refractivity contribution in [1.29, 1.82) is 0 Å². The number of fused-ring (bicyclic) bond motifs is 1. The number of carbonyl (C=O) groups excluding carboxylic acids is 2. The number of rotatable bonds is 4. The van der Waals surface area contributed by atoms with Crippen LogP contribution in [0.5, 0.6) is 0 Å². The number of urea groups is 1. The molecule has 2 aromatic carbocycles. The molecule has 3 amide bonds. The van der Waals surface area contributed by atoms with E-state index >= 15 is 0 Å². The maximum atomic E-state index is 13.4. The van der Waals surface area contributed by atoms with Crippen molar-refractivity contribution < 1.29 is 31.2 Å². The van der Waals surface area contributed by atoms with Crippen LogP contribution in [0.3, 0.4) is 0 Å². The molecule has 5 rings (SSSR count). The number of anilines is 1. The van der Waals surface area contributed by atoms with E-state index in [0.29, 0.717) is 12.8 Å². The molecule has 1 saturated heterocycles. The van der Waals surface area contributed by atoms with Gasteiger partial charge in [0.25, 0.3) is 15.7 Å². The summed E-state index contributed by atoms with van der Waals surface area (Å²) in [5.74, 6) is -0.472. The lowest BCUT2D eigenvalue weighted by atomic mass is 10.0. The van der Waals surface area contributed by atoms with Crippen LogP contribution in [0.2, 0.25) is 0 Å². The molecule has 0 radical (unpaired) electrons. The normalized spacial score (nSPS) is 17.8. The molecule has 0 unspecified atom stereocenters. The molecule has 0 N–H and O–H groups in total. The van der Waals surface area contributed by atoms with Gasteiger partial charge >= 0.3 is 11.5 Å². The molecular weight excluding hydrogens is 471 g/mol. The Morgan fingerprint density at radius 3 is 2.29 bits per heavy atom. The van der Waals surface area contributed by atoms with Crippen LogP contribution >= 0.6 is 0 Å². The number of para-hydroxylation sites is 1. The second kappa shape index (κ2) is 7.26. The number of pyridine rings is 1. The highest BCUT2D eigenvalue weighted by molar-refractivity contribution is 7.92. The van der Waals surface area contributed by atoms with Gasteiger partial charge in [0.1, 0.15) is 5.54 Å². The molecule has 2 fully saturated rings. The van der Waals surface area contributed by atoms with Crippen LogP contribution in [0.1, 0.15) is 24.0 Å². The predicted octanol–water partition coefficient (Wildman–Crippen LogP) is 4.34. The van der Waals surface area contributed by atoms with Gasteiger partial charge in [-0.05, 0) is 61.2 Å². The Morgan fingerprint density at radius 2 is 1.68 bits per heavy atom. The van der Waals surface area contributed by atoms with E-state index in [1.807, 2.05) is 31.2 Å². The van der Waals surface area contributed by atoms with Crippen molar-refractivity contribution >= 4 is 38.4 Å². The van der Waals surface area contributed by atoms with Crippen LogP contribution in [-0.4, -0.2) is 41.3 Å². The molecule has 0 atom stereocenters. The van der Waals surface area contributed by atoms with Crippen LogP contribution < -0.4 is 4.90 Å². The number of carbonyl (C=O) groups is 2. The molecule has 2 heterocycles. The average Bonchev–Trinajstić information content (AvgIpc) is 3.56. The highest BCUT2D eigenvalue weighted by Gasteiger charge is 2.65. The first kappa shape index (κ1) is 22.3. The first-order valence-corrected chi connectivity index (χ1v) is 11.9. The number of sulfone groups is 1. The Bertz CT molecular complexity index is 1450. The molecule has 1 aliphatic carbocycles. The lowest BCUT2D eigenvalue weighted by molar-refractivity contribution is -0.120. The zero-order chi connectivity index (χ0) is 24.5. The van der Waals surface area contributed by atoms with Crippen LogP contribution in [-0.2, 0) is 21.2 Å². The maximum absolute atomic E-state index is 13.4. The summed E-state index contributed by atoms with van der Waals surface area (Å²) in [7, 11) is -5.54. The zero-order valence-corrected chi connectivity index (χ0v) is 18.7. The Kier molecular flexibility index (Phi) is 4.77. The molecule has 1 saturated carbocycles. The molecule has 1 spiro atoms. The lowest BCUT2D eigenvalue weighted by Gasteiger charge is -2.23. The monoisotopic (exact) mass is 489 g/mol.